The van der Waals surface area contributed by atoms with E-state index in [9.17, 15) is 0 Å². The van der Waals surface area contributed by atoms with Crippen molar-refractivity contribution in [2.24, 2.45) is 0 Å². The Bertz CT molecular complexity index is 15.1. The van der Waals surface area contributed by atoms with Gasteiger partial charge in [-0.3, -0.25) is 0 Å². The summed E-state index contributed by atoms with van der Waals surface area (Å²) in [7, 11) is -0.833. The van der Waals surface area contributed by atoms with Gasteiger partial charge in [-0.05, 0) is 0 Å². The summed E-state index contributed by atoms with van der Waals surface area (Å²) < 4.78 is 8.46. The quantitative estimate of drug-likeness (QED) is 0.383. The fourth-order valence-electron chi connectivity index (χ4n) is 0. The van der Waals surface area contributed by atoms with Gasteiger partial charge in [0.1, 0.15) is 0 Å². The molecule has 0 saturated heterocycles. The first-order valence-corrected chi connectivity index (χ1v) is 1.15. The van der Waals surface area contributed by atoms with Crippen LogP contribution in [-0.2, 0) is 4.57 Å². The Kier molecular flexibility index (Phi) is 148. The highest BCUT2D eigenvalue weighted by molar-refractivity contribution is 7.16. The summed E-state index contributed by atoms with van der Waals surface area (Å²) in [5.41, 5.74) is 0. The smallest absolute Gasteiger partial charge is 0.324 e. The van der Waals surface area contributed by atoms with E-state index in [0.29, 0.717) is 0 Å². The van der Waals surface area contributed by atoms with Gasteiger partial charge < -0.3 is 17.2 Å². The molecule has 0 aromatic rings. The van der Waals surface area contributed by atoms with E-state index in [1.54, 1.807) is 0 Å². The van der Waals surface area contributed by atoms with Crippen LogP contribution in [0.5, 0.6) is 0 Å². The van der Waals surface area contributed by atoms with Gasteiger partial charge in [0.15, 0.2) is 0 Å². The molecule has 5 heteroatoms. The fraction of sp³-hybridized carbons (Fsp3) is 0. The largest absolute Gasteiger partial charge is 0.344 e. The van der Waals surface area contributed by atoms with E-state index in [0.717, 1.165) is 0 Å². The molecule has 0 rings (SSSR count). The third-order valence-electron chi connectivity index (χ3n) is 0. The Morgan fingerprint density at radius 2 is 1.40 bits per heavy atom. The van der Waals surface area contributed by atoms with Crippen molar-refractivity contribution in [3.8, 4) is 0 Å². The molecule has 0 radical (unpaired) electrons. The van der Waals surface area contributed by atoms with E-state index in [-0.39, 0.29) is 12.3 Å². The third-order valence-corrected chi connectivity index (χ3v) is 0. The predicted molar refractivity (Wildman–Crippen MR) is 19.9 cm³/mol. The van der Waals surface area contributed by atoms with Crippen molar-refractivity contribution >= 4 is 8.69 Å². The van der Waals surface area contributed by atoms with Crippen LogP contribution in [0.1, 0.15) is 0 Å². The minimum atomic E-state index is -0.833. The average molecular weight is 98.0 g/mol. The normalized spacial score (nSPS) is 4.20. The number of hydrogen-bond donors (Lipinski definition) is 3. The molecule has 0 aromatic heterocycles. The highest BCUT2D eigenvalue weighted by Gasteiger charge is 1.28. The van der Waals surface area contributed by atoms with Crippen LogP contribution in [0.25, 0.3) is 0 Å². The lowest BCUT2D eigenvalue weighted by atomic mass is 14.0. The first-order chi connectivity index (χ1) is 1.41. The summed E-state index contributed by atoms with van der Waals surface area (Å²) >= 11 is 0. The lowest BCUT2D eigenvalue weighted by molar-refractivity contribution is 0.524. The van der Waals surface area contributed by atoms with Crippen molar-refractivity contribution in [3.05, 3.63) is 0 Å². The molecule has 0 atom stereocenters. The monoisotopic (exact) mass is 98.0 g/mol. The Hall–Kier alpha value is -0.0200. The second-order valence-electron chi connectivity index (χ2n) is 0.0816. The molecule has 0 spiro atoms. The summed E-state index contributed by atoms with van der Waals surface area (Å²) in [4.78, 5) is 6.99. The first-order valence-electron chi connectivity index (χ1n) is 0.383. The third kappa shape index (κ3) is 39000. The van der Waals surface area contributed by atoms with Gasteiger partial charge >= 0.3 is 8.69 Å². The van der Waals surface area contributed by atoms with Crippen molar-refractivity contribution < 1.29 is 9.46 Å². The highest BCUT2D eigenvalue weighted by Crippen LogP contribution is 1.66. The van der Waals surface area contributed by atoms with Crippen LogP contribution in [0.15, 0.2) is 0 Å². The summed E-state index contributed by atoms with van der Waals surface area (Å²) in [5.74, 6) is 0. The van der Waals surface area contributed by atoms with Gasteiger partial charge in [0.05, 0.1) is 0 Å². The molecule has 0 aromatic carbocycles. The lowest BCUT2D eigenvalue weighted by Crippen LogP contribution is -1.03. The summed E-state index contributed by atoms with van der Waals surface area (Å²) in [5, 5.41) is 0. The van der Waals surface area contributed by atoms with Crippen LogP contribution in [0, 0.1) is 0 Å². The van der Waals surface area contributed by atoms with Gasteiger partial charge in [-0.15, -0.1) is 0 Å². The molecule has 0 fully saturated rings. The standard InChI is InChI=1S/2H3N.HO2P/c;;1-3-2/h2*1H3;(H,1,2). The zero-order valence-corrected chi connectivity index (χ0v) is 3.61. The maximum absolute atomic E-state index is 8.46. The van der Waals surface area contributed by atoms with E-state index < -0.39 is 8.69 Å². The molecule has 0 aliphatic rings. The molecule has 5 heavy (non-hydrogen) atoms. The molecule has 7 N–H and O–H groups in total. The second kappa shape index (κ2) is 36.8. The van der Waals surface area contributed by atoms with Crippen LogP contribution < -0.4 is 12.3 Å². The van der Waals surface area contributed by atoms with Crippen LogP contribution in [0.4, 0.5) is 0 Å². The van der Waals surface area contributed by atoms with Crippen LogP contribution in [0.2, 0.25) is 0 Å². The number of hydrogen-bond acceptors (Lipinski definition) is 3. The second-order valence-corrected chi connectivity index (χ2v) is 0.245. The minimum Gasteiger partial charge on any atom is -0.344 e. The van der Waals surface area contributed by atoms with Crippen molar-refractivity contribution in [1.29, 1.82) is 0 Å². The van der Waals surface area contributed by atoms with Gasteiger partial charge in [-0.2, -0.15) is 0 Å². The number of rotatable bonds is 0. The molecule has 0 saturated carbocycles. The van der Waals surface area contributed by atoms with Gasteiger partial charge in [0.25, 0.3) is 0 Å². The predicted octanol–water partition coefficient (Wildman–Crippen LogP) is 0.509. The van der Waals surface area contributed by atoms with E-state index in [4.69, 9.17) is 9.46 Å². The fourth-order valence-corrected chi connectivity index (χ4v) is 0. The Morgan fingerprint density at radius 1 is 1.40 bits per heavy atom. The van der Waals surface area contributed by atoms with Gasteiger partial charge in [-0.25, -0.2) is 4.57 Å². The summed E-state index contributed by atoms with van der Waals surface area (Å²) in [6.07, 6.45) is 0. The first kappa shape index (κ1) is 20.1. The van der Waals surface area contributed by atoms with Crippen molar-refractivity contribution in [2.45, 2.75) is 0 Å². The molecule has 0 aliphatic carbocycles. The summed E-state index contributed by atoms with van der Waals surface area (Å²) in [6, 6.07) is 0. The van der Waals surface area contributed by atoms with Crippen LogP contribution in [-0.4, -0.2) is 4.89 Å². The molecule has 0 aliphatic heterocycles. The van der Waals surface area contributed by atoms with Gasteiger partial charge in [0, 0.05) is 0 Å². The Labute approximate surface area is 31.6 Å². The molecule has 0 unspecified atom stereocenters. The molecular weight excluding hydrogens is 91.0 g/mol. The minimum absolute atomic E-state index is 0. The topological polar surface area (TPSA) is 107 Å². The SMILES string of the molecule is N.N.O=PO. The van der Waals surface area contributed by atoms with E-state index in [1.807, 2.05) is 0 Å². The van der Waals surface area contributed by atoms with Crippen molar-refractivity contribution in [1.82, 2.24) is 12.3 Å². The molecule has 0 amide bonds. The van der Waals surface area contributed by atoms with Crippen LogP contribution in [0.3, 0.4) is 0 Å². The van der Waals surface area contributed by atoms with Crippen molar-refractivity contribution in [2.75, 3.05) is 0 Å². The highest BCUT2D eigenvalue weighted by atomic mass is 31.1. The molecule has 0 bridgehead atoms. The zero-order valence-electron chi connectivity index (χ0n) is 2.72. The maximum Gasteiger partial charge on any atom is 0.324 e. The van der Waals surface area contributed by atoms with E-state index in [2.05, 4.69) is 0 Å². The molecular formula is H7N2O2P. The van der Waals surface area contributed by atoms with Gasteiger partial charge in [0.2, 0.25) is 0 Å². The Balaban J connectivity index is -0.0000000200. The molecule has 4 nitrogen and oxygen atoms in total. The maximum atomic E-state index is 8.46. The average Bonchev–Trinajstić information content (AvgIpc) is 0.918. The lowest BCUT2D eigenvalue weighted by Gasteiger charge is -1.24. The molecule has 34 valence electrons. The molecule has 0 heterocycles. The van der Waals surface area contributed by atoms with Gasteiger partial charge in [-0.1, -0.05) is 0 Å². The summed E-state index contributed by atoms with van der Waals surface area (Å²) in [6.45, 7) is 0. The Morgan fingerprint density at radius 3 is 1.40 bits per heavy atom. The zero-order chi connectivity index (χ0) is 2.71. The van der Waals surface area contributed by atoms with Crippen molar-refractivity contribution in [3.63, 3.8) is 0 Å². The van der Waals surface area contributed by atoms with Crippen LogP contribution >= 0.6 is 8.69 Å². The van der Waals surface area contributed by atoms with E-state index >= 15 is 0 Å². The van der Waals surface area contributed by atoms with E-state index in [1.165, 1.54) is 0 Å².